The average molecular weight is 216 g/mol. The van der Waals surface area contributed by atoms with Gasteiger partial charge in [0.2, 0.25) is 0 Å². The fourth-order valence-electron chi connectivity index (χ4n) is 3.18. The molecule has 1 aromatic carbocycles. The van der Waals surface area contributed by atoms with Crippen molar-refractivity contribution in [3.8, 4) is 0 Å². The van der Waals surface area contributed by atoms with Crippen LogP contribution in [-0.4, -0.2) is 5.78 Å². The van der Waals surface area contributed by atoms with E-state index in [4.69, 9.17) is 0 Å². The van der Waals surface area contributed by atoms with Crippen LogP contribution in [0.1, 0.15) is 39.2 Å². The second-order valence-corrected chi connectivity index (χ2v) is 5.35. The van der Waals surface area contributed by atoms with Gasteiger partial charge in [-0.2, -0.15) is 0 Å². The van der Waals surface area contributed by atoms with Crippen molar-refractivity contribution in [2.24, 2.45) is 11.8 Å². The van der Waals surface area contributed by atoms with Crippen LogP contribution in [0.5, 0.6) is 0 Å². The van der Waals surface area contributed by atoms with Crippen molar-refractivity contribution >= 4 is 5.78 Å². The van der Waals surface area contributed by atoms with E-state index in [9.17, 15) is 4.79 Å². The zero-order chi connectivity index (χ0) is 11.8. The van der Waals surface area contributed by atoms with Crippen LogP contribution in [-0.2, 0) is 10.2 Å². The lowest BCUT2D eigenvalue weighted by molar-refractivity contribution is -0.123. The van der Waals surface area contributed by atoms with E-state index in [0.29, 0.717) is 11.7 Å². The normalized spacial score (nSPS) is 19.5. The molecule has 1 aliphatic carbocycles. The molecule has 0 spiro atoms. The molecule has 0 radical (unpaired) electrons. The molecule has 1 atom stereocenters. The molecule has 16 heavy (non-hydrogen) atoms. The number of carbonyl (C=O) groups is 1. The quantitative estimate of drug-likeness (QED) is 0.752. The minimum atomic E-state index is 0.154. The van der Waals surface area contributed by atoms with E-state index in [1.54, 1.807) is 6.92 Å². The van der Waals surface area contributed by atoms with Gasteiger partial charge >= 0.3 is 0 Å². The molecular formula is C15H20O. The minimum Gasteiger partial charge on any atom is -0.300 e. The smallest absolute Gasteiger partial charge is 0.134 e. The maximum atomic E-state index is 11.8. The van der Waals surface area contributed by atoms with Crippen molar-refractivity contribution in [2.75, 3.05) is 0 Å². The number of carbonyl (C=O) groups excluding carboxylic acids is 1. The third-order valence-electron chi connectivity index (χ3n) is 3.84. The van der Waals surface area contributed by atoms with Gasteiger partial charge in [-0.1, -0.05) is 44.2 Å². The van der Waals surface area contributed by atoms with Gasteiger partial charge in [-0.25, -0.2) is 0 Å². The molecule has 2 rings (SSSR count). The summed E-state index contributed by atoms with van der Waals surface area (Å²) in [7, 11) is 0. The lowest BCUT2D eigenvalue weighted by Gasteiger charge is -2.28. The number of rotatable bonds is 4. The standard InChI is InChI=1S/C15H20O/c1-11(2)14(12(3)16)15(9-10-15)13-7-5-4-6-8-13/h4-8,11,14H,9-10H2,1-3H3. The Kier molecular flexibility index (Phi) is 2.88. The van der Waals surface area contributed by atoms with Crippen molar-refractivity contribution in [3.05, 3.63) is 35.9 Å². The Hall–Kier alpha value is -1.11. The Labute approximate surface area is 97.9 Å². The summed E-state index contributed by atoms with van der Waals surface area (Å²) in [4.78, 5) is 11.8. The molecule has 0 saturated heterocycles. The molecule has 0 heterocycles. The summed E-state index contributed by atoms with van der Waals surface area (Å²) in [6.07, 6.45) is 2.33. The van der Waals surface area contributed by atoms with E-state index in [2.05, 4.69) is 38.1 Å². The zero-order valence-electron chi connectivity index (χ0n) is 10.4. The number of hydrogen-bond acceptors (Lipinski definition) is 1. The first-order valence-electron chi connectivity index (χ1n) is 6.14. The topological polar surface area (TPSA) is 17.1 Å². The van der Waals surface area contributed by atoms with E-state index >= 15 is 0 Å². The number of hydrogen-bond donors (Lipinski definition) is 0. The Balaban J connectivity index is 2.35. The molecule has 0 N–H and O–H groups in total. The van der Waals surface area contributed by atoms with Gasteiger partial charge in [0.15, 0.2) is 0 Å². The SMILES string of the molecule is CC(=O)C(C(C)C)C1(c2ccccc2)CC1. The van der Waals surface area contributed by atoms with Crippen molar-refractivity contribution in [1.82, 2.24) is 0 Å². The summed E-state index contributed by atoms with van der Waals surface area (Å²) in [6, 6.07) is 10.5. The van der Waals surface area contributed by atoms with E-state index in [0.717, 1.165) is 0 Å². The van der Waals surface area contributed by atoms with Crippen molar-refractivity contribution < 1.29 is 4.79 Å². The second-order valence-electron chi connectivity index (χ2n) is 5.35. The van der Waals surface area contributed by atoms with Crippen LogP contribution in [0.15, 0.2) is 30.3 Å². The number of Topliss-reactive ketones (excluding diaryl/α,β-unsaturated/α-hetero) is 1. The third-order valence-corrected chi connectivity index (χ3v) is 3.84. The van der Waals surface area contributed by atoms with Gasteiger partial charge in [0.25, 0.3) is 0 Å². The molecule has 0 bridgehead atoms. The Morgan fingerprint density at radius 1 is 1.19 bits per heavy atom. The average Bonchev–Trinajstić information content (AvgIpc) is 2.99. The van der Waals surface area contributed by atoms with Crippen LogP contribution in [0.2, 0.25) is 0 Å². The molecule has 1 heteroatoms. The van der Waals surface area contributed by atoms with Crippen LogP contribution in [0, 0.1) is 11.8 Å². The second kappa shape index (κ2) is 4.04. The van der Waals surface area contributed by atoms with Crippen molar-refractivity contribution in [3.63, 3.8) is 0 Å². The first-order valence-corrected chi connectivity index (χ1v) is 6.14. The van der Waals surface area contributed by atoms with Gasteiger partial charge in [-0.15, -0.1) is 0 Å². The van der Waals surface area contributed by atoms with Crippen molar-refractivity contribution in [2.45, 2.75) is 39.0 Å². The molecule has 1 aliphatic rings. The zero-order valence-corrected chi connectivity index (χ0v) is 10.4. The highest BCUT2D eigenvalue weighted by atomic mass is 16.1. The molecule has 86 valence electrons. The Morgan fingerprint density at radius 3 is 2.12 bits per heavy atom. The molecule has 1 nitrogen and oxygen atoms in total. The number of ketones is 1. The van der Waals surface area contributed by atoms with Crippen LogP contribution >= 0.6 is 0 Å². The third kappa shape index (κ3) is 1.79. The van der Waals surface area contributed by atoms with E-state index in [1.165, 1.54) is 18.4 Å². The molecule has 0 aliphatic heterocycles. The maximum Gasteiger partial charge on any atom is 0.134 e. The van der Waals surface area contributed by atoms with Crippen molar-refractivity contribution in [1.29, 1.82) is 0 Å². The molecule has 1 aromatic rings. The van der Waals surface area contributed by atoms with Gasteiger partial charge in [0.05, 0.1) is 0 Å². The van der Waals surface area contributed by atoms with Gasteiger partial charge in [-0.05, 0) is 31.2 Å². The molecule has 0 aromatic heterocycles. The molecule has 1 fully saturated rings. The predicted molar refractivity (Wildman–Crippen MR) is 66.4 cm³/mol. The van der Waals surface area contributed by atoms with E-state index in [-0.39, 0.29) is 11.3 Å². The van der Waals surface area contributed by atoms with Crippen LogP contribution in [0.4, 0.5) is 0 Å². The van der Waals surface area contributed by atoms with Gasteiger partial charge < -0.3 is 0 Å². The highest BCUT2D eigenvalue weighted by Crippen LogP contribution is 2.56. The molecule has 1 saturated carbocycles. The highest BCUT2D eigenvalue weighted by Gasteiger charge is 2.53. The summed E-state index contributed by atoms with van der Waals surface area (Å²) >= 11 is 0. The largest absolute Gasteiger partial charge is 0.300 e. The fourth-order valence-corrected chi connectivity index (χ4v) is 3.18. The lowest BCUT2D eigenvalue weighted by atomic mass is 9.74. The lowest BCUT2D eigenvalue weighted by Crippen LogP contribution is -2.31. The van der Waals surface area contributed by atoms with Gasteiger partial charge in [0, 0.05) is 11.3 Å². The summed E-state index contributed by atoms with van der Waals surface area (Å²) in [5, 5.41) is 0. The van der Waals surface area contributed by atoms with E-state index in [1.807, 2.05) is 6.07 Å². The Bertz CT molecular complexity index is 374. The Morgan fingerprint density at radius 2 is 1.75 bits per heavy atom. The number of benzene rings is 1. The van der Waals surface area contributed by atoms with Crippen LogP contribution in [0.3, 0.4) is 0 Å². The monoisotopic (exact) mass is 216 g/mol. The van der Waals surface area contributed by atoms with Crippen LogP contribution in [0.25, 0.3) is 0 Å². The summed E-state index contributed by atoms with van der Waals surface area (Å²) in [5.41, 5.74) is 1.50. The molecule has 0 amide bonds. The van der Waals surface area contributed by atoms with Crippen LogP contribution < -0.4 is 0 Å². The minimum absolute atomic E-state index is 0.154. The molecule has 1 unspecified atom stereocenters. The van der Waals surface area contributed by atoms with Gasteiger partial charge in [0.1, 0.15) is 5.78 Å². The summed E-state index contributed by atoms with van der Waals surface area (Å²) < 4.78 is 0. The van der Waals surface area contributed by atoms with Gasteiger partial charge in [-0.3, -0.25) is 4.79 Å². The van der Waals surface area contributed by atoms with E-state index < -0.39 is 0 Å². The summed E-state index contributed by atoms with van der Waals surface area (Å²) in [6.45, 7) is 6.07. The molecular weight excluding hydrogens is 196 g/mol. The first kappa shape index (κ1) is 11.4. The maximum absolute atomic E-state index is 11.8. The highest BCUT2D eigenvalue weighted by molar-refractivity contribution is 5.81. The predicted octanol–water partition coefficient (Wildman–Crippen LogP) is 3.58. The first-order chi connectivity index (χ1) is 7.58. The fraction of sp³-hybridized carbons (Fsp3) is 0.533. The summed E-state index contributed by atoms with van der Waals surface area (Å²) in [5.74, 6) is 0.964.